The highest BCUT2D eigenvalue weighted by molar-refractivity contribution is 7.89. The van der Waals surface area contributed by atoms with Crippen LogP contribution in [-0.4, -0.2) is 42.5 Å². The summed E-state index contributed by atoms with van der Waals surface area (Å²) in [5, 5.41) is 0. The second-order valence-corrected chi connectivity index (χ2v) is 7.31. The normalized spacial score (nSPS) is 12.0. The molecule has 0 aliphatic rings. The topological polar surface area (TPSA) is 73.7 Å². The number of ether oxygens (including phenoxy) is 2. The highest BCUT2D eigenvalue weighted by atomic mass is 32.2. The number of imidazole rings is 1. The Hall–Kier alpha value is -2.20. The van der Waals surface area contributed by atoms with E-state index in [9.17, 15) is 17.2 Å². The fourth-order valence-electron chi connectivity index (χ4n) is 2.30. The maximum atomic E-state index is 12.9. The minimum Gasteiger partial charge on any atom is -0.490 e. The van der Waals surface area contributed by atoms with Gasteiger partial charge in [0.25, 0.3) is 0 Å². The Bertz CT molecular complexity index is 840. The van der Waals surface area contributed by atoms with Crippen LogP contribution in [0.15, 0.2) is 35.5 Å². The number of sulfonamides is 1. The van der Waals surface area contributed by atoms with E-state index in [0.29, 0.717) is 29.3 Å². The van der Waals surface area contributed by atoms with Crippen molar-refractivity contribution in [2.24, 2.45) is 0 Å². The summed E-state index contributed by atoms with van der Waals surface area (Å²) in [5.41, 5.74) is 0. The zero-order valence-electron chi connectivity index (χ0n) is 14.7. The van der Waals surface area contributed by atoms with Crippen molar-refractivity contribution in [3.05, 3.63) is 36.4 Å². The Morgan fingerprint density at radius 1 is 1.19 bits per heavy atom. The number of halogens is 2. The monoisotopic (exact) mass is 389 g/mol. The number of aromatic nitrogens is 2. The Morgan fingerprint density at radius 3 is 2.46 bits per heavy atom. The van der Waals surface area contributed by atoms with Gasteiger partial charge in [-0.1, -0.05) is 0 Å². The van der Waals surface area contributed by atoms with Crippen molar-refractivity contribution in [1.29, 1.82) is 0 Å². The Labute approximate surface area is 151 Å². The first kappa shape index (κ1) is 20.1. The van der Waals surface area contributed by atoms with E-state index in [1.54, 1.807) is 13.8 Å². The molecule has 0 radical (unpaired) electrons. The molecule has 0 spiro atoms. The zero-order chi connectivity index (χ0) is 19.3. The fraction of sp³-hybridized carbons (Fsp3) is 0.438. The predicted molar refractivity (Wildman–Crippen MR) is 90.9 cm³/mol. The molecule has 0 bridgehead atoms. The number of nitrogens with zero attached hydrogens (tertiary/aromatic N) is 3. The van der Waals surface area contributed by atoms with E-state index in [1.807, 2.05) is 0 Å². The van der Waals surface area contributed by atoms with Crippen LogP contribution in [0.3, 0.4) is 0 Å². The maximum absolute atomic E-state index is 12.9. The van der Waals surface area contributed by atoms with Gasteiger partial charge >= 0.3 is 6.55 Å². The number of rotatable bonds is 9. The summed E-state index contributed by atoms with van der Waals surface area (Å²) in [6.45, 7) is 1.23. The summed E-state index contributed by atoms with van der Waals surface area (Å²) < 4.78 is 63.8. The molecule has 0 atom stereocenters. The van der Waals surface area contributed by atoms with E-state index >= 15 is 0 Å². The molecule has 26 heavy (non-hydrogen) atoms. The first-order valence-electron chi connectivity index (χ1n) is 7.97. The zero-order valence-corrected chi connectivity index (χ0v) is 15.5. The second kappa shape index (κ2) is 8.45. The van der Waals surface area contributed by atoms with Crippen LogP contribution < -0.4 is 9.47 Å². The van der Waals surface area contributed by atoms with Crippen molar-refractivity contribution < 1.29 is 26.7 Å². The lowest BCUT2D eigenvalue weighted by Gasteiger charge is -2.19. The maximum Gasteiger partial charge on any atom is 0.319 e. The molecule has 0 saturated carbocycles. The third kappa shape index (κ3) is 4.31. The summed E-state index contributed by atoms with van der Waals surface area (Å²) in [6.07, 6.45) is 2.30. The molecule has 0 fully saturated rings. The van der Waals surface area contributed by atoms with E-state index in [1.165, 1.54) is 31.4 Å². The molecular formula is C16H21F2N3O4S. The molecule has 144 valence electrons. The average molecular weight is 389 g/mol. The minimum absolute atomic E-state index is 0.0259. The van der Waals surface area contributed by atoms with Crippen LogP contribution in [0.2, 0.25) is 0 Å². The molecule has 10 heteroatoms. The summed E-state index contributed by atoms with van der Waals surface area (Å²) in [7, 11) is -2.63. The third-order valence-electron chi connectivity index (χ3n) is 3.55. The predicted octanol–water partition coefficient (Wildman–Crippen LogP) is 2.90. The van der Waals surface area contributed by atoms with Gasteiger partial charge in [-0.15, -0.1) is 0 Å². The quantitative estimate of drug-likeness (QED) is 0.659. The molecule has 0 aliphatic heterocycles. The number of hydrogen-bond donors (Lipinski definition) is 0. The fourth-order valence-corrected chi connectivity index (χ4v) is 3.44. The van der Waals surface area contributed by atoms with Gasteiger partial charge in [-0.3, -0.25) is 4.57 Å². The highest BCUT2D eigenvalue weighted by Crippen LogP contribution is 2.31. The molecule has 1 heterocycles. The summed E-state index contributed by atoms with van der Waals surface area (Å²) in [5.74, 6) is 0.684. The second-order valence-electron chi connectivity index (χ2n) is 5.26. The van der Waals surface area contributed by atoms with Crippen LogP contribution in [-0.2, 0) is 16.6 Å². The first-order valence-corrected chi connectivity index (χ1v) is 9.41. The van der Waals surface area contributed by atoms with E-state index in [2.05, 4.69) is 4.98 Å². The highest BCUT2D eigenvalue weighted by Gasteiger charge is 2.25. The standard InChI is InChI=1S/C16H21F2N3O4S/c1-4-24-13-7-6-12(10-14(13)25-5-2)26(22,23)20(3)11-15-19-8-9-21(15)16(17)18/h6-10,16H,4-5,11H2,1-3H3. The number of alkyl halides is 2. The van der Waals surface area contributed by atoms with Gasteiger partial charge in [-0.25, -0.2) is 13.4 Å². The lowest BCUT2D eigenvalue weighted by atomic mass is 10.3. The van der Waals surface area contributed by atoms with Crippen LogP contribution in [0.25, 0.3) is 0 Å². The minimum atomic E-state index is -3.93. The Morgan fingerprint density at radius 2 is 1.85 bits per heavy atom. The molecule has 1 aromatic heterocycles. The molecule has 0 aliphatic carbocycles. The molecule has 2 aromatic rings. The van der Waals surface area contributed by atoms with Crippen LogP contribution in [0.1, 0.15) is 26.2 Å². The van der Waals surface area contributed by atoms with Crippen LogP contribution in [0.5, 0.6) is 11.5 Å². The molecule has 0 unspecified atom stereocenters. The van der Waals surface area contributed by atoms with E-state index in [4.69, 9.17) is 9.47 Å². The molecule has 7 nitrogen and oxygen atoms in total. The van der Waals surface area contributed by atoms with Crippen molar-refractivity contribution in [2.75, 3.05) is 20.3 Å². The Balaban J connectivity index is 2.30. The first-order chi connectivity index (χ1) is 12.3. The average Bonchev–Trinajstić information content (AvgIpc) is 3.05. The van der Waals surface area contributed by atoms with Crippen molar-refractivity contribution in [3.8, 4) is 11.5 Å². The Kier molecular flexibility index (Phi) is 6.54. The van der Waals surface area contributed by atoms with Crippen molar-refractivity contribution in [2.45, 2.75) is 31.8 Å². The molecule has 0 saturated heterocycles. The molecule has 0 amide bonds. The van der Waals surface area contributed by atoms with Crippen LogP contribution in [0, 0.1) is 0 Å². The molecule has 0 N–H and O–H groups in total. The largest absolute Gasteiger partial charge is 0.490 e. The van der Waals surface area contributed by atoms with Gasteiger partial charge in [0.15, 0.2) is 11.5 Å². The summed E-state index contributed by atoms with van der Waals surface area (Å²) >= 11 is 0. The van der Waals surface area contributed by atoms with Gasteiger partial charge < -0.3 is 9.47 Å². The molecule has 2 rings (SSSR count). The number of benzene rings is 1. The lowest BCUT2D eigenvalue weighted by molar-refractivity contribution is 0.0658. The van der Waals surface area contributed by atoms with Crippen LogP contribution >= 0.6 is 0 Å². The smallest absolute Gasteiger partial charge is 0.319 e. The van der Waals surface area contributed by atoms with Crippen molar-refractivity contribution in [1.82, 2.24) is 13.9 Å². The molecular weight excluding hydrogens is 368 g/mol. The number of hydrogen-bond acceptors (Lipinski definition) is 5. The van der Waals surface area contributed by atoms with Crippen LogP contribution in [0.4, 0.5) is 8.78 Å². The lowest BCUT2D eigenvalue weighted by Crippen LogP contribution is -2.28. The van der Waals surface area contributed by atoms with E-state index in [0.717, 1.165) is 10.5 Å². The van der Waals surface area contributed by atoms with Gasteiger partial charge in [-0.2, -0.15) is 13.1 Å². The van der Waals surface area contributed by atoms with Gasteiger partial charge in [0.05, 0.1) is 24.7 Å². The SMILES string of the molecule is CCOc1ccc(S(=O)(=O)N(C)Cc2nccn2C(F)F)cc1OCC. The van der Waals surface area contributed by atoms with Gasteiger partial charge in [-0.05, 0) is 26.0 Å². The summed E-state index contributed by atoms with van der Waals surface area (Å²) in [4.78, 5) is 3.78. The van der Waals surface area contributed by atoms with Gasteiger partial charge in [0, 0.05) is 25.5 Å². The van der Waals surface area contributed by atoms with Crippen molar-refractivity contribution in [3.63, 3.8) is 0 Å². The third-order valence-corrected chi connectivity index (χ3v) is 5.35. The van der Waals surface area contributed by atoms with E-state index < -0.39 is 16.6 Å². The van der Waals surface area contributed by atoms with Gasteiger partial charge in [0.1, 0.15) is 5.82 Å². The summed E-state index contributed by atoms with van der Waals surface area (Å²) in [6, 6.07) is 4.26. The molecule has 1 aromatic carbocycles. The van der Waals surface area contributed by atoms with Crippen molar-refractivity contribution >= 4 is 10.0 Å². The van der Waals surface area contributed by atoms with Gasteiger partial charge in [0.2, 0.25) is 10.0 Å². The van der Waals surface area contributed by atoms with E-state index in [-0.39, 0.29) is 17.3 Å².